The first kappa shape index (κ1) is 16.4. The lowest BCUT2D eigenvalue weighted by molar-refractivity contribution is -0.115. The zero-order valence-corrected chi connectivity index (χ0v) is 13.2. The summed E-state index contributed by atoms with van der Waals surface area (Å²) in [5.41, 5.74) is 1.98. The Hall–Kier alpha value is -3.41. The number of rotatable bonds is 5. The Kier molecular flexibility index (Phi) is 4.89. The van der Waals surface area contributed by atoms with Crippen LogP contribution in [0.3, 0.4) is 0 Å². The first-order valence-electron chi connectivity index (χ1n) is 7.65. The van der Waals surface area contributed by atoms with E-state index < -0.39 is 0 Å². The zero-order valence-electron chi connectivity index (χ0n) is 13.2. The minimum atomic E-state index is -0.336. The number of benzene rings is 2. The molecule has 25 heavy (non-hydrogen) atoms. The van der Waals surface area contributed by atoms with Crippen LogP contribution in [0.5, 0.6) is 5.75 Å². The molecular weight excluding hydrogens is 321 g/mol. The van der Waals surface area contributed by atoms with E-state index in [1.165, 1.54) is 12.1 Å². The highest BCUT2D eigenvalue weighted by Gasteiger charge is 2.09. The molecule has 0 saturated carbocycles. The van der Waals surface area contributed by atoms with E-state index in [0.29, 0.717) is 11.5 Å². The van der Waals surface area contributed by atoms with E-state index in [0.717, 1.165) is 11.3 Å². The topological polar surface area (TPSA) is 74.2 Å². The number of phenolic OH excluding ortho intramolecular Hbond substituents is 1. The number of hydrogen-bond acceptors (Lipinski definition) is 4. The minimum absolute atomic E-state index is 0.133. The summed E-state index contributed by atoms with van der Waals surface area (Å²) in [6.45, 7) is 0. The lowest BCUT2D eigenvalue weighted by atomic mass is 10.1. The molecule has 3 rings (SSSR count). The number of aromatic nitrogens is 1. The number of nitrogens with one attached hydrogen (secondary N) is 2. The Morgan fingerprint density at radius 1 is 1.04 bits per heavy atom. The van der Waals surface area contributed by atoms with Gasteiger partial charge >= 0.3 is 0 Å². The van der Waals surface area contributed by atoms with Gasteiger partial charge in [-0.05, 0) is 54.1 Å². The van der Waals surface area contributed by atoms with E-state index >= 15 is 0 Å². The van der Waals surface area contributed by atoms with Gasteiger partial charge in [0, 0.05) is 11.9 Å². The average Bonchev–Trinajstić information content (AvgIpc) is 2.61. The lowest BCUT2D eigenvalue weighted by Gasteiger charge is -2.12. The van der Waals surface area contributed by atoms with Gasteiger partial charge in [-0.1, -0.05) is 12.1 Å². The Labute approximate surface area is 144 Å². The van der Waals surface area contributed by atoms with Crippen LogP contribution in [-0.2, 0) is 11.2 Å². The van der Waals surface area contributed by atoms with Gasteiger partial charge < -0.3 is 15.7 Å². The van der Waals surface area contributed by atoms with Gasteiger partial charge in [0.25, 0.3) is 0 Å². The number of phenols is 1. The number of amides is 1. The third kappa shape index (κ3) is 4.54. The van der Waals surface area contributed by atoms with E-state index in [-0.39, 0.29) is 23.9 Å². The van der Waals surface area contributed by atoms with E-state index in [1.54, 1.807) is 54.7 Å². The molecule has 0 bridgehead atoms. The number of anilines is 3. The third-order valence-electron chi connectivity index (χ3n) is 3.49. The fourth-order valence-electron chi connectivity index (χ4n) is 2.27. The summed E-state index contributed by atoms with van der Waals surface area (Å²) in [4.78, 5) is 16.5. The molecule has 6 heteroatoms. The molecule has 0 saturated heterocycles. The number of hydrogen-bond donors (Lipinski definition) is 3. The van der Waals surface area contributed by atoms with Crippen molar-refractivity contribution in [3.63, 3.8) is 0 Å². The number of carbonyl (C=O) groups excluding carboxylic acids is 1. The van der Waals surface area contributed by atoms with Gasteiger partial charge in [-0.25, -0.2) is 9.37 Å². The van der Waals surface area contributed by atoms with Crippen LogP contribution in [0.1, 0.15) is 5.56 Å². The van der Waals surface area contributed by atoms with Crippen molar-refractivity contribution >= 4 is 23.1 Å². The van der Waals surface area contributed by atoms with Crippen molar-refractivity contribution in [2.45, 2.75) is 6.42 Å². The second-order valence-corrected chi connectivity index (χ2v) is 5.42. The standard InChI is InChI=1S/C19H16FN3O2/c20-14-5-3-13(4-6-14)12-18(25)23-17-2-1-11-21-19(17)22-15-7-9-16(24)10-8-15/h1-11,24H,12H2,(H,21,22)(H,23,25). The number of nitrogens with zero attached hydrogens (tertiary/aromatic N) is 1. The number of aromatic hydroxyl groups is 1. The van der Waals surface area contributed by atoms with Gasteiger partial charge in [0.05, 0.1) is 12.1 Å². The summed E-state index contributed by atoms with van der Waals surface area (Å²) in [5, 5.41) is 15.2. The van der Waals surface area contributed by atoms with Gasteiger partial charge in [-0.3, -0.25) is 4.79 Å². The monoisotopic (exact) mass is 337 g/mol. The molecule has 0 unspecified atom stereocenters. The van der Waals surface area contributed by atoms with Crippen molar-refractivity contribution in [1.82, 2.24) is 4.98 Å². The molecule has 0 atom stereocenters. The third-order valence-corrected chi connectivity index (χ3v) is 3.49. The van der Waals surface area contributed by atoms with Crippen molar-refractivity contribution in [3.8, 4) is 5.75 Å². The summed E-state index contributed by atoms with van der Waals surface area (Å²) in [6.07, 6.45) is 1.74. The normalized spacial score (nSPS) is 10.3. The highest BCUT2D eigenvalue weighted by molar-refractivity contribution is 5.95. The van der Waals surface area contributed by atoms with Crippen LogP contribution >= 0.6 is 0 Å². The molecule has 0 spiro atoms. The molecule has 1 heterocycles. The smallest absolute Gasteiger partial charge is 0.228 e. The average molecular weight is 337 g/mol. The number of carbonyl (C=O) groups is 1. The first-order valence-corrected chi connectivity index (χ1v) is 7.65. The quantitative estimate of drug-likeness (QED) is 0.618. The molecule has 3 aromatic rings. The van der Waals surface area contributed by atoms with Crippen molar-refractivity contribution in [2.75, 3.05) is 10.6 Å². The summed E-state index contributed by atoms with van der Waals surface area (Å²) in [5.74, 6) is 0.0882. The Morgan fingerprint density at radius 2 is 1.76 bits per heavy atom. The molecular formula is C19H16FN3O2. The van der Waals surface area contributed by atoms with Crippen LogP contribution in [0.4, 0.5) is 21.6 Å². The van der Waals surface area contributed by atoms with Gasteiger partial charge in [0.2, 0.25) is 5.91 Å². The molecule has 2 aromatic carbocycles. The number of halogens is 1. The first-order chi connectivity index (χ1) is 12.1. The predicted octanol–water partition coefficient (Wildman–Crippen LogP) is 3.85. The summed E-state index contributed by atoms with van der Waals surface area (Å²) in [6, 6.07) is 15.8. The Balaban J connectivity index is 1.70. The SMILES string of the molecule is O=C(Cc1ccc(F)cc1)Nc1cccnc1Nc1ccc(O)cc1. The van der Waals surface area contributed by atoms with E-state index in [1.807, 2.05) is 0 Å². The van der Waals surface area contributed by atoms with Crippen molar-refractivity contribution in [2.24, 2.45) is 0 Å². The molecule has 126 valence electrons. The molecule has 1 aromatic heterocycles. The molecule has 0 aliphatic heterocycles. The van der Waals surface area contributed by atoms with E-state index in [9.17, 15) is 14.3 Å². The second-order valence-electron chi connectivity index (χ2n) is 5.42. The van der Waals surface area contributed by atoms with Crippen LogP contribution < -0.4 is 10.6 Å². The summed E-state index contributed by atoms with van der Waals surface area (Å²) >= 11 is 0. The maximum Gasteiger partial charge on any atom is 0.228 e. The zero-order chi connectivity index (χ0) is 17.6. The summed E-state index contributed by atoms with van der Waals surface area (Å²) in [7, 11) is 0. The Bertz CT molecular complexity index is 865. The predicted molar refractivity (Wildman–Crippen MR) is 94.4 cm³/mol. The van der Waals surface area contributed by atoms with E-state index in [2.05, 4.69) is 15.6 Å². The van der Waals surface area contributed by atoms with Crippen molar-refractivity contribution in [1.29, 1.82) is 0 Å². The molecule has 1 amide bonds. The molecule has 5 nitrogen and oxygen atoms in total. The van der Waals surface area contributed by atoms with Crippen LogP contribution in [0.25, 0.3) is 0 Å². The summed E-state index contributed by atoms with van der Waals surface area (Å²) < 4.78 is 12.9. The molecule has 0 fully saturated rings. The second kappa shape index (κ2) is 7.44. The molecule has 0 radical (unpaired) electrons. The largest absolute Gasteiger partial charge is 0.508 e. The minimum Gasteiger partial charge on any atom is -0.508 e. The Morgan fingerprint density at radius 3 is 2.48 bits per heavy atom. The van der Waals surface area contributed by atoms with Crippen LogP contribution in [0.15, 0.2) is 66.9 Å². The maximum atomic E-state index is 12.9. The highest BCUT2D eigenvalue weighted by Crippen LogP contribution is 2.24. The van der Waals surface area contributed by atoms with Crippen LogP contribution in [0, 0.1) is 5.82 Å². The molecule has 0 aliphatic rings. The van der Waals surface area contributed by atoms with E-state index in [4.69, 9.17) is 0 Å². The van der Waals surface area contributed by atoms with Gasteiger partial charge in [0.1, 0.15) is 11.6 Å². The molecule has 0 aliphatic carbocycles. The van der Waals surface area contributed by atoms with Crippen LogP contribution in [0.2, 0.25) is 0 Å². The highest BCUT2D eigenvalue weighted by atomic mass is 19.1. The van der Waals surface area contributed by atoms with Gasteiger partial charge in [0.15, 0.2) is 5.82 Å². The maximum absolute atomic E-state index is 12.9. The lowest BCUT2D eigenvalue weighted by Crippen LogP contribution is -2.15. The van der Waals surface area contributed by atoms with Gasteiger partial charge in [-0.2, -0.15) is 0 Å². The fraction of sp³-hybridized carbons (Fsp3) is 0.0526. The molecule has 3 N–H and O–H groups in total. The van der Waals surface area contributed by atoms with Crippen LogP contribution in [-0.4, -0.2) is 16.0 Å². The number of pyridine rings is 1. The van der Waals surface area contributed by atoms with Gasteiger partial charge in [-0.15, -0.1) is 0 Å². The van der Waals surface area contributed by atoms with Crippen molar-refractivity contribution < 1.29 is 14.3 Å². The fourth-order valence-corrected chi connectivity index (χ4v) is 2.27. The van der Waals surface area contributed by atoms with Crippen molar-refractivity contribution in [3.05, 3.63) is 78.2 Å².